The Balaban J connectivity index is 3.89. The molecule has 1 heteroatoms. The molecule has 0 radical (unpaired) electrons. The highest BCUT2D eigenvalue weighted by Gasteiger charge is 2.18. The largest absolute Gasteiger partial charge is 0.323 e. The van der Waals surface area contributed by atoms with Gasteiger partial charge in [-0.2, -0.15) is 11.8 Å². The van der Waals surface area contributed by atoms with Crippen molar-refractivity contribution in [1.29, 1.82) is 0 Å². The lowest BCUT2D eigenvalue weighted by atomic mass is 9.77. The standard InChI is InChI=1S/C12H24F/c1-10(13)9-12(5,6)8-7-11(2,3)4/h7,10H,8-9H2,1-6H3/q-1. The summed E-state index contributed by atoms with van der Waals surface area (Å²) in [6.45, 7) is 12.4. The summed E-state index contributed by atoms with van der Waals surface area (Å²) in [5, 5.41) is 0. The average molecular weight is 187 g/mol. The fourth-order valence-electron chi connectivity index (χ4n) is 1.43. The van der Waals surface area contributed by atoms with E-state index in [4.69, 9.17) is 0 Å². The summed E-state index contributed by atoms with van der Waals surface area (Å²) in [7, 11) is 0. The zero-order valence-corrected chi connectivity index (χ0v) is 9.95. The molecular weight excluding hydrogens is 163 g/mol. The van der Waals surface area contributed by atoms with Gasteiger partial charge in [-0.3, -0.25) is 0 Å². The van der Waals surface area contributed by atoms with Crippen molar-refractivity contribution in [3.05, 3.63) is 6.42 Å². The smallest absolute Gasteiger partial charge is 0.0977 e. The van der Waals surface area contributed by atoms with Crippen LogP contribution in [0.15, 0.2) is 0 Å². The molecule has 0 rings (SSSR count). The van der Waals surface area contributed by atoms with E-state index < -0.39 is 6.17 Å². The molecule has 1 atom stereocenters. The Bertz CT molecular complexity index is 140. The van der Waals surface area contributed by atoms with Gasteiger partial charge in [-0.15, -0.1) is 0 Å². The quantitative estimate of drug-likeness (QED) is 0.572. The summed E-state index contributed by atoms with van der Waals surface area (Å²) in [6, 6.07) is 0. The van der Waals surface area contributed by atoms with E-state index in [9.17, 15) is 4.39 Å². The second-order valence-electron chi connectivity index (χ2n) is 5.92. The third-order valence-corrected chi connectivity index (χ3v) is 2.10. The third kappa shape index (κ3) is 8.27. The van der Waals surface area contributed by atoms with Crippen molar-refractivity contribution in [2.45, 2.75) is 60.6 Å². The van der Waals surface area contributed by atoms with E-state index in [1.54, 1.807) is 6.92 Å². The molecule has 0 saturated heterocycles. The maximum Gasteiger partial charge on any atom is 0.0977 e. The van der Waals surface area contributed by atoms with Crippen molar-refractivity contribution in [3.63, 3.8) is 0 Å². The van der Waals surface area contributed by atoms with Gasteiger partial charge in [0.15, 0.2) is 0 Å². The first-order valence-electron chi connectivity index (χ1n) is 5.11. The van der Waals surface area contributed by atoms with Crippen LogP contribution in [0.5, 0.6) is 0 Å². The molecule has 0 saturated carbocycles. The fourth-order valence-corrected chi connectivity index (χ4v) is 1.43. The maximum absolute atomic E-state index is 12.8. The van der Waals surface area contributed by atoms with Crippen LogP contribution in [0.1, 0.15) is 54.4 Å². The van der Waals surface area contributed by atoms with Crippen LogP contribution >= 0.6 is 0 Å². The number of rotatable bonds is 4. The van der Waals surface area contributed by atoms with Crippen molar-refractivity contribution < 1.29 is 4.39 Å². The topological polar surface area (TPSA) is 0 Å². The minimum atomic E-state index is -0.691. The van der Waals surface area contributed by atoms with E-state index >= 15 is 0 Å². The lowest BCUT2D eigenvalue weighted by Crippen LogP contribution is -2.19. The Morgan fingerprint density at radius 2 is 1.62 bits per heavy atom. The average Bonchev–Trinajstić information content (AvgIpc) is 1.79. The molecule has 0 aromatic heterocycles. The summed E-state index contributed by atoms with van der Waals surface area (Å²) >= 11 is 0. The highest BCUT2D eigenvalue weighted by molar-refractivity contribution is 4.87. The lowest BCUT2D eigenvalue weighted by molar-refractivity contribution is 0.211. The van der Waals surface area contributed by atoms with Gasteiger partial charge in [0.25, 0.3) is 0 Å². The number of hydrogen-bond donors (Lipinski definition) is 0. The Labute approximate surface area is 82.9 Å². The minimum absolute atomic E-state index is 0.0987. The Morgan fingerprint density at radius 3 is 1.92 bits per heavy atom. The third-order valence-electron chi connectivity index (χ3n) is 2.10. The van der Waals surface area contributed by atoms with E-state index in [0.29, 0.717) is 6.42 Å². The van der Waals surface area contributed by atoms with Gasteiger partial charge in [0.1, 0.15) is 0 Å². The lowest BCUT2D eigenvalue weighted by Gasteiger charge is -2.38. The highest BCUT2D eigenvalue weighted by atomic mass is 19.1. The normalized spacial score (nSPS) is 15.9. The first kappa shape index (κ1) is 12.9. The van der Waals surface area contributed by atoms with Gasteiger partial charge < -0.3 is 6.42 Å². The van der Waals surface area contributed by atoms with Crippen LogP contribution in [0.4, 0.5) is 4.39 Å². The van der Waals surface area contributed by atoms with Crippen molar-refractivity contribution in [3.8, 4) is 0 Å². The van der Waals surface area contributed by atoms with Crippen LogP contribution < -0.4 is 0 Å². The summed E-state index contributed by atoms with van der Waals surface area (Å²) < 4.78 is 12.8. The second-order valence-corrected chi connectivity index (χ2v) is 5.92. The zero-order valence-electron chi connectivity index (χ0n) is 9.95. The molecular formula is C12H24F-. The molecule has 0 aliphatic heterocycles. The predicted molar refractivity (Wildman–Crippen MR) is 57.3 cm³/mol. The van der Waals surface area contributed by atoms with Gasteiger partial charge in [0.05, 0.1) is 6.17 Å². The second kappa shape index (κ2) is 4.43. The van der Waals surface area contributed by atoms with Crippen LogP contribution in [0.3, 0.4) is 0 Å². The SMILES string of the molecule is CC(F)CC(C)(C)C[CH-]C(C)(C)C. The summed E-state index contributed by atoms with van der Waals surface area (Å²) in [4.78, 5) is 0. The molecule has 0 aliphatic carbocycles. The van der Waals surface area contributed by atoms with Crippen LogP contribution in [-0.2, 0) is 0 Å². The van der Waals surface area contributed by atoms with Gasteiger partial charge in [-0.25, -0.2) is 4.39 Å². The molecule has 0 spiro atoms. The minimum Gasteiger partial charge on any atom is -0.323 e. The van der Waals surface area contributed by atoms with Gasteiger partial charge in [0.2, 0.25) is 0 Å². The molecule has 1 unspecified atom stereocenters. The molecule has 0 aliphatic rings. The van der Waals surface area contributed by atoms with E-state index in [-0.39, 0.29) is 10.8 Å². The Morgan fingerprint density at radius 1 is 1.15 bits per heavy atom. The van der Waals surface area contributed by atoms with Gasteiger partial charge in [0, 0.05) is 0 Å². The molecule has 0 heterocycles. The van der Waals surface area contributed by atoms with Gasteiger partial charge in [-0.05, 0) is 13.3 Å². The van der Waals surface area contributed by atoms with E-state index in [1.807, 2.05) is 0 Å². The Hall–Kier alpha value is -0.0700. The van der Waals surface area contributed by atoms with Crippen LogP contribution in [-0.4, -0.2) is 6.17 Å². The molecule has 0 aromatic rings. The van der Waals surface area contributed by atoms with Gasteiger partial charge in [-0.1, -0.05) is 40.0 Å². The molecule has 0 aromatic carbocycles. The van der Waals surface area contributed by atoms with Crippen molar-refractivity contribution in [1.82, 2.24) is 0 Å². The number of halogens is 1. The van der Waals surface area contributed by atoms with E-state index in [0.717, 1.165) is 6.42 Å². The zero-order chi connectivity index (χ0) is 10.7. The van der Waals surface area contributed by atoms with E-state index in [1.165, 1.54) is 0 Å². The monoisotopic (exact) mass is 187 g/mol. The van der Waals surface area contributed by atoms with Crippen LogP contribution in [0.2, 0.25) is 0 Å². The molecule has 0 amide bonds. The molecule has 13 heavy (non-hydrogen) atoms. The van der Waals surface area contributed by atoms with Crippen LogP contribution in [0.25, 0.3) is 0 Å². The molecule has 0 nitrogen and oxygen atoms in total. The fraction of sp³-hybridized carbons (Fsp3) is 0.917. The molecule has 0 fully saturated rings. The summed E-state index contributed by atoms with van der Waals surface area (Å²) in [5.74, 6) is 0. The molecule has 0 bridgehead atoms. The van der Waals surface area contributed by atoms with E-state index in [2.05, 4.69) is 41.0 Å². The Kier molecular flexibility index (Phi) is 4.41. The van der Waals surface area contributed by atoms with Gasteiger partial charge >= 0.3 is 0 Å². The molecule has 80 valence electrons. The van der Waals surface area contributed by atoms with Crippen molar-refractivity contribution >= 4 is 0 Å². The number of hydrogen-bond acceptors (Lipinski definition) is 0. The first-order valence-corrected chi connectivity index (χ1v) is 5.11. The first-order chi connectivity index (χ1) is 5.62. The predicted octanol–water partition coefficient (Wildman–Crippen LogP) is 4.40. The maximum atomic E-state index is 12.8. The van der Waals surface area contributed by atoms with Crippen LogP contribution in [0, 0.1) is 17.3 Å². The highest BCUT2D eigenvalue weighted by Crippen LogP contribution is 2.33. The van der Waals surface area contributed by atoms with Crippen molar-refractivity contribution in [2.24, 2.45) is 10.8 Å². The summed E-state index contributed by atoms with van der Waals surface area (Å²) in [6.07, 6.45) is 3.24. The molecule has 0 N–H and O–H groups in total. The summed E-state index contributed by atoms with van der Waals surface area (Å²) in [5.41, 5.74) is 0.346. The number of alkyl halides is 1. The van der Waals surface area contributed by atoms with Crippen molar-refractivity contribution in [2.75, 3.05) is 0 Å².